The molecule has 0 fully saturated rings. The molecular formula is C9H8Cl2FN. The van der Waals surface area contributed by atoms with Crippen molar-refractivity contribution in [1.29, 1.82) is 0 Å². The summed E-state index contributed by atoms with van der Waals surface area (Å²) in [4.78, 5) is 0. The van der Waals surface area contributed by atoms with E-state index in [0.29, 0.717) is 22.3 Å². The smallest absolute Gasteiger partial charge is 0.147 e. The first kappa shape index (κ1) is 10.4. The predicted molar refractivity (Wildman–Crippen MR) is 54.9 cm³/mol. The second-order valence-electron chi connectivity index (χ2n) is 2.49. The van der Waals surface area contributed by atoms with Gasteiger partial charge in [-0.1, -0.05) is 29.8 Å². The van der Waals surface area contributed by atoms with Crippen molar-refractivity contribution >= 4 is 28.9 Å². The van der Waals surface area contributed by atoms with Crippen molar-refractivity contribution in [2.24, 2.45) is 0 Å². The molecule has 1 rings (SSSR count). The molecule has 0 aliphatic rings. The van der Waals surface area contributed by atoms with Gasteiger partial charge in [0.05, 0.1) is 12.2 Å². The Balaban J connectivity index is 2.72. The fourth-order valence-corrected chi connectivity index (χ4v) is 1.05. The number of benzene rings is 1. The van der Waals surface area contributed by atoms with Crippen molar-refractivity contribution < 1.29 is 4.39 Å². The Morgan fingerprint density at radius 3 is 2.77 bits per heavy atom. The fourth-order valence-electron chi connectivity index (χ4n) is 0.824. The normalized spacial score (nSPS) is 9.77. The van der Waals surface area contributed by atoms with Crippen molar-refractivity contribution in [2.75, 3.05) is 11.9 Å². The highest BCUT2D eigenvalue weighted by Crippen LogP contribution is 2.19. The SMILES string of the molecule is C=C(Cl)CNc1ccc(Cl)cc1F. The minimum absolute atomic E-state index is 0.333. The van der Waals surface area contributed by atoms with Crippen molar-refractivity contribution in [1.82, 2.24) is 0 Å². The van der Waals surface area contributed by atoms with Gasteiger partial charge in [-0.2, -0.15) is 0 Å². The molecule has 0 aliphatic heterocycles. The lowest BCUT2D eigenvalue weighted by Gasteiger charge is -2.05. The van der Waals surface area contributed by atoms with E-state index < -0.39 is 5.82 Å². The Morgan fingerprint density at radius 2 is 2.23 bits per heavy atom. The zero-order valence-electron chi connectivity index (χ0n) is 6.78. The third-order valence-electron chi connectivity index (χ3n) is 1.40. The number of anilines is 1. The van der Waals surface area contributed by atoms with Crippen LogP contribution in [0.2, 0.25) is 5.02 Å². The summed E-state index contributed by atoms with van der Waals surface area (Å²) in [5.74, 6) is -0.398. The summed E-state index contributed by atoms with van der Waals surface area (Å²) in [6.07, 6.45) is 0. The molecule has 0 saturated carbocycles. The van der Waals surface area contributed by atoms with Crippen LogP contribution in [0.1, 0.15) is 0 Å². The lowest BCUT2D eigenvalue weighted by Crippen LogP contribution is -2.02. The van der Waals surface area contributed by atoms with Crippen molar-refractivity contribution in [3.05, 3.63) is 40.7 Å². The molecule has 0 aliphatic carbocycles. The summed E-state index contributed by atoms with van der Waals surface area (Å²) in [6, 6.07) is 4.39. The molecule has 0 atom stereocenters. The minimum atomic E-state index is -0.398. The Morgan fingerprint density at radius 1 is 1.54 bits per heavy atom. The topological polar surface area (TPSA) is 12.0 Å². The second-order valence-corrected chi connectivity index (χ2v) is 3.47. The highest BCUT2D eigenvalue weighted by atomic mass is 35.5. The zero-order chi connectivity index (χ0) is 9.84. The number of hydrogen-bond acceptors (Lipinski definition) is 1. The van der Waals surface area contributed by atoms with Crippen LogP contribution in [0.3, 0.4) is 0 Å². The average Bonchev–Trinajstić information content (AvgIpc) is 2.02. The van der Waals surface area contributed by atoms with E-state index in [2.05, 4.69) is 11.9 Å². The van der Waals surface area contributed by atoms with Gasteiger partial charge in [0.15, 0.2) is 0 Å². The molecule has 0 aromatic heterocycles. The Hall–Kier alpha value is -0.730. The molecule has 0 amide bonds. The molecule has 0 heterocycles. The number of rotatable bonds is 3. The van der Waals surface area contributed by atoms with E-state index >= 15 is 0 Å². The van der Waals surface area contributed by atoms with Gasteiger partial charge in [-0.05, 0) is 18.2 Å². The molecule has 0 unspecified atom stereocenters. The van der Waals surface area contributed by atoms with Crippen LogP contribution < -0.4 is 5.32 Å². The van der Waals surface area contributed by atoms with Crippen LogP contribution in [-0.2, 0) is 0 Å². The van der Waals surface area contributed by atoms with Gasteiger partial charge in [0.2, 0.25) is 0 Å². The number of nitrogens with one attached hydrogen (secondary N) is 1. The fraction of sp³-hybridized carbons (Fsp3) is 0.111. The largest absolute Gasteiger partial charge is 0.378 e. The second kappa shape index (κ2) is 4.49. The van der Waals surface area contributed by atoms with E-state index in [1.54, 1.807) is 12.1 Å². The van der Waals surface area contributed by atoms with E-state index in [4.69, 9.17) is 23.2 Å². The average molecular weight is 220 g/mol. The van der Waals surface area contributed by atoms with E-state index in [-0.39, 0.29) is 0 Å². The highest BCUT2D eigenvalue weighted by Gasteiger charge is 2.01. The molecule has 1 nitrogen and oxygen atoms in total. The van der Waals surface area contributed by atoms with Crippen molar-refractivity contribution in [3.8, 4) is 0 Å². The standard InChI is InChI=1S/C9H8Cl2FN/c1-6(10)5-13-9-3-2-7(11)4-8(9)12/h2-4,13H,1,5H2. The molecule has 13 heavy (non-hydrogen) atoms. The molecule has 4 heteroatoms. The Kier molecular flexibility index (Phi) is 3.58. The number of hydrogen-bond donors (Lipinski definition) is 1. The zero-order valence-corrected chi connectivity index (χ0v) is 8.29. The quantitative estimate of drug-likeness (QED) is 0.819. The minimum Gasteiger partial charge on any atom is -0.378 e. The monoisotopic (exact) mass is 219 g/mol. The van der Waals surface area contributed by atoms with Crippen LogP contribution in [0.5, 0.6) is 0 Å². The predicted octanol–water partition coefficient (Wildman–Crippen LogP) is 3.64. The summed E-state index contributed by atoms with van der Waals surface area (Å²) in [5.41, 5.74) is 0.367. The van der Waals surface area contributed by atoms with Crippen molar-refractivity contribution in [2.45, 2.75) is 0 Å². The Labute approximate surface area is 86.2 Å². The van der Waals surface area contributed by atoms with E-state index in [0.717, 1.165) is 0 Å². The van der Waals surface area contributed by atoms with Crippen LogP contribution >= 0.6 is 23.2 Å². The lowest BCUT2D eigenvalue weighted by molar-refractivity contribution is 0.631. The molecule has 1 aromatic carbocycles. The van der Waals surface area contributed by atoms with Crippen LogP contribution in [0.4, 0.5) is 10.1 Å². The van der Waals surface area contributed by atoms with Gasteiger partial charge in [0.1, 0.15) is 5.82 Å². The Bertz CT molecular complexity index is 325. The maximum absolute atomic E-state index is 13.1. The molecular weight excluding hydrogens is 212 g/mol. The molecule has 1 aromatic rings. The summed E-state index contributed by atoms with van der Waals surface area (Å²) >= 11 is 11.1. The van der Waals surface area contributed by atoms with Crippen LogP contribution in [0.25, 0.3) is 0 Å². The van der Waals surface area contributed by atoms with Gasteiger partial charge >= 0.3 is 0 Å². The maximum atomic E-state index is 13.1. The van der Waals surface area contributed by atoms with Crippen LogP contribution in [0, 0.1) is 5.82 Å². The van der Waals surface area contributed by atoms with Gasteiger partial charge < -0.3 is 5.32 Å². The highest BCUT2D eigenvalue weighted by molar-refractivity contribution is 6.30. The lowest BCUT2D eigenvalue weighted by atomic mass is 10.3. The van der Waals surface area contributed by atoms with E-state index in [9.17, 15) is 4.39 Å². The summed E-state index contributed by atoms with van der Waals surface area (Å²) in [5, 5.41) is 3.57. The first-order valence-corrected chi connectivity index (χ1v) is 4.37. The molecule has 0 bridgehead atoms. The molecule has 0 spiro atoms. The summed E-state index contributed by atoms with van der Waals surface area (Å²) in [6.45, 7) is 3.81. The third-order valence-corrected chi connectivity index (χ3v) is 1.77. The van der Waals surface area contributed by atoms with Crippen molar-refractivity contribution in [3.63, 3.8) is 0 Å². The maximum Gasteiger partial charge on any atom is 0.147 e. The molecule has 0 saturated heterocycles. The van der Waals surface area contributed by atoms with Gasteiger partial charge in [-0.25, -0.2) is 4.39 Å². The van der Waals surface area contributed by atoms with Crippen LogP contribution in [-0.4, -0.2) is 6.54 Å². The third kappa shape index (κ3) is 3.25. The summed E-state index contributed by atoms with van der Waals surface area (Å²) in [7, 11) is 0. The molecule has 0 radical (unpaired) electrons. The first-order valence-electron chi connectivity index (χ1n) is 3.62. The molecule has 1 N–H and O–H groups in total. The van der Waals surface area contributed by atoms with Gasteiger partial charge in [-0.15, -0.1) is 0 Å². The van der Waals surface area contributed by atoms with Gasteiger partial charge in [-0.3, -0.25) is 0 Å². The molecule has 70 valence electrons. The van der Waals surface area contributed by atoms with Crippen LogP contribution in [0.15, 0.2) is 29.8 Å². The van der Waals surface area contributed by atoms with Gasteiger partial charge in [0.25, 0.3) is 0 Å². The summed E-state index contributed by atoms with van der Waals surface area (Å²) < 4.78 is 13.1. The van der Waals surface area contributed by atoms with E-state index in [1.165, 1.54) is 6.07 Å². The van der Waals surface area contributed by atoms with E-state index in [1.807, 2.05) is 0 Å². The van der Waals surface area contributed by atoms with Gasteiger partial charge in [0, 0.05) is 10.1 Å². The first-order chi connectivity index (χ1) is 6.09. The number of halogens is 3.